The van der Waals surface area contributed by atoms with E-state index in [2.05, 4.69) is 4.90 Å². The molecular formula is C15H18N2O2S2. The van der Waals surface area contributed by atoms with E-state index in [1.54, 1.807) is 21.8 Å². The fraction of sp³-hybridized carbons (Fsp3) is 0.333. The summed E-state index contributed by atoms with van der Waals surface area (Å²) in [6.45, 7) is 0.490. The van der Waals surface area contributed by atoms with Crippen LogP contribution in [0.2, 0.25) is 0 Å². The van der Waals surface area contributed by atoms with Crippen LogP contribution in [-0.4, -0.2) is 40.0 Å². The number of likely N-dealkylation sites (N-methyl/N-ethyl adjacent to an activating group) is 1. The minimum Gasteiger partial charge on any atom is -0.304 e. The maximum absolute atomic E-state index is 12.9. The molecule has 3 rings (SSSR count). The van der Waals surface area contributed by atoms with Crippen LogP contribution in [0, 0.1) is 0 Å². The van der Waals surface area contributed by atoms with Crippen LogP contribution < -0.4 is 4.31 Å². The van der Waals surface area contributed by atoms with Crippen molar-refractivity contribution in [3.8, 4) is 0 Å². The molecule has 1 aliphatic rings. The van der Waals surface area contributed by atoms with Gasteiger partial charge in [0.25, 0.3) is 10.0 Å². The second kappa shape index (κ2) is 5.44. The number of rotatable bonds is 3. The molecule has 0 spiro atoms. The first-order chi connectivity index (χ1) is 10.00. The zero-order chi connectivity index (χ0) is 15.0. The van der Waals surface area contributed by atoms with Gasteiger partial charge in [0.15, 0.2) is 0 Å². The number of sulfonamides is 1. The molecule has 0 radical (unpaired) electrons. The van der Waals surface area contributed by atoms with E-state index >= 15 is 0 Å². The van der Waals surface area contributed by atoms with Crippen LogP contribution in [-0.2, 0) is 16.4 Å². The van der Waals surface area contributed by atoms with Crippen molar-refractivity contribution in [1.29, 1.82) is 0 Å². The first kappa shape index (κ1) is 14.6. The van der Waals surface area contributed by atoms with Crippen LogP contribution in [0.3, 0.4) is 0 Å². The summed E-state index contributed by atoms with van der Waals surface area (Å²) in [5.74, 6) is 0. The van der Waals surface area contributed by atoms with E-state index in [1.807, 2.05) is 38.4 Å². The second-order valence-corrected chi connectivity index (χ2v) is 8.46. The summed E-state index contributed by atoms with van der Waals surface area (Å²) in [5, 5.41) is 1.80. The molecule has 21 heavy (non-hydrogen) atoms. The molecular weight excluding hydrogens is 304 g/mol. The van der Waals surface area contributed by atoms with Crippen LogP contribution in [0.25, 0.3) is 0 Å². The number of para-hydroxylation sites is 1. The van der Waals surface area contributed by atoms with Crippen molar-refractivity contribution in [3.05, 3.63) is 47.3 Å². The van der Waals surface area contributed by atoms with E-state index in [0.717, 1.165) is 17.7 Å². The summed E-state index contributed by atoms with van der Waals surface area (Å²) in [5.41, 5.74) is 1.89. The van der Waals surface area contributed by atoms with Gasteiger partial charge in [-0.05, 0) is 43.6 Å². The molecule has 0 amide bonds. The monoisotopic (exact) mass is 322 g/mol. The maximum atomic E-state index is 12.9. The van der Waals surface area contributed by atoms with Crippen molar-refractivity contribution in [2.75, 3.05) is 24.9 Å². The SMILES string of the molecule is CN(C)[C@@H]1Cc2ccccc2N(S(=O)(=O)c2cccs2)C1. The molecule has 0 fully saturated rings. The third-order valence-corrected chi connectivity index (χ3v) is 7.01. The van der Waals surface area contributed by atoms with Gasteiger partial charge in [-0.2, -0.15) is 0 Å². The van der Waals surface area contributed by atoms with Gasteiger partial charge < -0.3 is 4.90 Å². The number of anilines is 1. The first-order valence-corrected chi connectivity index (χ1v) is 9.12. The first-order valence-electron chi connectivity index (χ1n) is 6.81. The van der Waals surface area contributed by atoms with Gasteiger partial charge in [0.2, 0.25) is 0 Å². The Hall–Kier alpha value is -1.37. The van der Waals surface area contributed by atoms with Crippen LogP contribution in [0.1, 0.15) is 5.56 Å². The highest BCUT2D eigenvalue weighted by Gasteiger charge is 2.34. The summed E-state index contributed by atoms with van der Waals surface area (Å²) in [4.78, 5) is 2.09. The summed E-state index contributed by atoms with van der Waals surface area (Å²) < 4.78 is 27.8. The quantitative estimate of drug-likeness (QED) is 0.871. The van der Waals surface area contributed by atoms with Gasteiger partial charge >= 0.3 is 0 Å². The van der Waals surface area contributed by atoms with Gasteiger partial charge in [-0.15, -0.1) is 11.3 Å². The molecule has 1 aromatic heterocycles. The van der Waals surface area contributed by atoms with Crippen molar-refractivity contribution in [2.24, 2.45) is 0 Å². The molecule has 1 aromatic carbocycles. The Labute approximate surface area is 129 Å². The van der Waals surface area contributed by atoms with Crippen molar-refractivity contribution < 1.29 is 8.42 Å². The number of thiophene rings is 1. The molecule has 2 heterocycles. The minimum absolute atomic E-state index is 0.189. The van der Waals surface area contributed by atoms with Crippen molar-refractivity contribution in [2.45, 2.75) is 16.7 Å². The van der Waals surface area contributed by atoms with E-state index in [1.165, 1.54) is 11.3 Å². The minimum atomic E-state index is -3.47. The van der Waals surface area contributed by atoms with E-state index < -0.39 is 10.0 Å². The lowest BCUT2D eigenvalue weighted by molar-refractivity contribution is 0.293. The highest BCUT2D eigenvalue weighted by atomic mass is 32.2. The Morgan fingerprint density at radius 3 is 2.62 bits per heavy atom. The van der Waals surface area contributed by atoms with Crippen LogP contribution >= 0.6 is 11.3 Å². The van der Waals surface area contributed by atoms with Gasteiger partial charge in [-0.3, -0.25) is 4.31 Å². The lowest BCUT2D eigenvalue weighted by Crippen LogP contribution is -2.47. The Morgan fingerprint density at radius 1 is 1.19 bits per heavy atom. The smallest absolute Gasteiger partial charge is 0.273 e. The van der Waals surface area contributed by atoms with E-state index in [-0.39, 0.29) is 6.04 Å². The number of hydrogen-bond acceptors (Lipinski definition) is 4. The maximum Gasteiger partial charge on any atom is 0.273 e. The largest absolute Gasteiger partial charge is 0.304 e. The molecule has 4 nitrogen and oxygen atoms in total. The predicted octanol–water partition coefficient (Wildman–Crippen LogP) is 2.43. The average molecular weight is 322 g/mol. The fourth-order valence-corrected chi connectivity index (χ4v) is 5.27. The second-order valence-electron chi connectivity index (χ2n) is 5.42. The topological polar surface area (TPSA) is 40.6 Å². The lowest BCUT2D eigenvalue weighted by atomic mass is 9.99. The number of hydrogen-bond donors (Lipinski definition) is 0. The highest BCUT2D eigenvalue weighted by Crippen LogP contribution is 2.33. The van der Waals surface area contributed by atoms with Gasteiger partial charge in [-0.25, -0.2) is 8.42 Å². The van der Waals surface area contributed by atoms with Crippen LogP contribution in [0.5, 0.6) is 0 Å². The Kier molecular flexibility index (Phi) is 3.77. The molecule has 0 aliphatic carbocycles. The van der Waals surface area contributed by atoms with E-state index in [9.17, 15) is 8.42 Å². The third kappa shape index (κ3) is 2.59. The summed E-state index contributed by atoms with van der Waals surface area (Å²) in [7, 11) is 0.516. The predicted molar refractivity (Wildman–Crippen MR) is 86.5 cm³/mol. The van der Waals surface area contributed by atoms with Crippen LogP contribution in [0.15, 0.2) is 46.0 Å². The Balaban J connectivity index is 2.09. The molecule has 0 unspecified atom stereocenters. The summed E-state index contributed by atoms with van der Waals surface area (Å²) in [6, 6.07) is 11.4. The molecule has 1 aliphatic heterocycles. The summed E-state index contributed by atoms with van der Waals surface area (Å²) in [6.07, 6.45) is 0.875. The highest BCUT2D eigenvalue weighted by molar-refractivity contribution is 7.94. The van der Waals surface area contributed by atoms with Crippen molar-refractivity contribution in [1.82, 2.24) is 4.90 Å². The molecule has 0 N–H and O–H groups in total. The zero-order valence-electron chi connectivity index (χ0n) is 12.1. The number of nitrogens with zero attached hydrogens (tertiary/aromatic N) is 2. The third-order valence-electron chi connectivity index (χ3n) is 3.86. The van der Waals surface area contributed by atoms with Gasteiger partial charge in [0.05, 0.1) is 12.2 Å². The molecule has 2 aromatic rings. The van der Waals surface area contributed by atoms with Gasteiger partial charge in [0.1, 0.15) is 4.21 Å². The Morgan fingerprint density at radius 2 is 1.95 bits per heavy atom. The molecule has 1 atom stereocenters. The standard InChI is InChI=1S/C15H18N2O2S2/c1-16(2)13-10-12-6-3-4-7-14(12)17(11-13)21(18,19)15-8-5-9-20-15/h3-9,13H,10-11H2,1-2H3/t13-/m1/s1. The lowest BCUT2D eigenvalue weighted by Gasteiger charge is -2.37. The molecule has 0 saturated heterocycles. The average Bonchev–Trinajstić information content (AvgIpc) is 3.00. The van der Waals surface area contributed by atoms with E-state index in [4.69, 9.17) is 0 Å². The molecule has 0 bridgehead atoms. The normalized spacial score (nSPS) is 18.8. The molecule has 6 heteroatoms. The van der Waals surface area contributed by atoms with Crippen LogP contribution in [0.4, 0.5) is 5.69 Å². The number of benzene rings is 1. The van der Waals surface area contributed by atoms with Crippen molar-refractivity contribution in [3.63, 3.8) is 0 Å². The van der Waals surface area contributed by atoms with Gasteiger partial charge in [-0.1, -0.05) is 24.3 Å². The van der Waals surface area contributed by atoms with Gasteiger partial charge in [0, 0.05) is 6.04 Å². The number of fused-ring (bicyclic) bond motifs is 1. The van der Waals surface area contributed by atoms with Crippen molar-refractivity contribution >= 4 is 27.0 Å². The zero-order valence-corrected chi connectivity index (χ0v) is 13.7. The Bertz CT molecular complexity index is 724. The molecule has 0 saturated carbocycles. The summed E-state index contributed by atoms with van der Waals surface area (Å²) >= 11 is 1.26. The molecule has 112 valence electrons. The fourth-order valence-electron chi connectivity index (χ4n) is 2.63. The van der Waals surface area contributed by atoms with E-state index in [0.29, 0.717) is 10.8 Å².